The van der Waals surface area contributed by atoms with Crippen LogP contribution in [-0.4, -0.2) is 44.5 Å². The van der Waals surface area contributed by atoms with E-state index >= 15 is 0 Å². The summed E-state index contributed by atoms with van der Waals surface area (Å²) in [5.41, 5.74) is 3.52. The van der Waals surface area contributed by atoms with Crippen molar-refractivity contribution in [2.45, 2.75) is 77.9 Å². The van der Waals surface area contributed by atoms with Gasteiger partial charge in [-0.3, -0.25) is 4.79 Å². The minimum absolute atomic E-state index is 0.0640. The number of nitrogens with one attached hydrogen (secondary N) is 3. The van der Waals surface area contributed by atoms with Gasteiger partial charge in [-0.25, -0.2) is 4.39 Å². The van der Waals surface area contributed by atoms with Gasteiger partial charge in [-0.1, -0.05) is 45.0 Å². The maximum atomic E-state index is 14.2. The minimum atomic E-state index is -0.454. The van der Waals surface area contributed by atoms with Crippen LogP contribution in [0.3, 0.4) is 0 Å². The number of aldehydes is 1. The summed E-state index contributed by atoms with van der Waals surface area (Å²) in [5.74, 6) is 0.114. The average Bonchev–Trinajstić information content (AvgIpc) is 2.88. The fraction of sp³-hybridized carbons (Fsp3) is 0.533. The first-order valence-electron chi connectivity index (χ1n) is 13.5. The van der Waals surface area contributed by atoms with Crippen LogP contribution in [0, 0.1) is 11.7 Å². The number of ether oxygens (including phenoxy) is 1. The van der Waals surface area contributed by atoms with E-state index < -0.39 is 6.04 Å². The largest absolute Gasteiger partial charge is 0.493 e. The molecular weight excluding hydrogens is 469 g/mol. The van der Waals surface area contributed by atoms with Crippen LogP contribution in [0.2, 0.25) is 0 Å². The first-order valence-corrected chi connectivity index (χ1v) is 13.5. The van der Waals surface area contributed by atoms with Gasteiger partial charge in [0.05, 0.1) is 12.6 Å². The molecule has 6 nitrogen and oxygen atoms in total. The highest BCUT2D eigenvalue weighted by molar-refractivity contribution is 5.79. The van der Waals surface area contributed by atoms with Crippen molar-refractivity contribution in [3.05, 3.63) is 65.0 Å². The Morgan fingerprint density at radius 3 is 2.57 bits per heavy atom. The number of carbonyl (C=O) groups is 2. The summed E-state index contributed by atoms with van der Waals surface area (Å²) in [6.07, 6.45) is 5.05. The standard InChI is InChI=1S/C30H44FN3O3/c1-5-23-9-8-10-24(15-23)20-33-13-12-27(32-4)17-25-16-26(31)19-28(18-25)37-14-7-6-11-30(36)34-29(21-35)22(2)3/h8-10,15-16,18-19,21-22,27,29,32-33H,5-7,11-14,17,20H2,1-4H3,(H,34,36)/t27-,29?/m1/s1. The predicted molar refractivity (Wildman–Crippen MR) is 147 cm³/mol. The summed E-state index contributed by atoms with van der Waals surface area (Å²) in [6.45, 7) is 8.04. The normalized spacial score (nSPS) is 12.8. The van der Waals surface area contributed by atoms with Crippen molar-refractivity contribution in [3.63, 3.8) is 0 Å². The molecular formula is C30H44FN3O3. The van der Waals surface area contributed by atoms with Gasteiger partial charge < -0.3 is 25.5 Å². The van der Waals surface area contributed by atoms with Crippen molar-refractivity contribution in [1.82, 2.24) is 16.0 Å². The second-order valence-corrected chi connectivity index (χ2v) is 9.90. The Hall–Kier alpha value is -2.77. The highest BCUT2D eigenvalue weighted by Gasteiger charge is 2.14. The molecule has 2 aromatic rings. The molecule has 0 saturated heterocycles. The molecule has 204 valence electrons. The third-order valence-electron chi connectivity index (χ3n) is 6.48. The van der Waals surface area contributed by atoms with Crippen molar-refractivity contribution in [1.29, 1.82) is 0 Å². The molecule has 1 unspecified atom stereocenters. The molecule has 37 heavy (non-hydrogen) atoms. The van der Waals surface area contributed by atoms with Gasteiger partial charge in [-0.15, -0.1) is 0 Å². The van der Waals surface area contributed by atoms with Gasteiger partial charge in [0.15, 0.2) is 0 Å². The second kappa shape index (κ2) is 16.9. The maximum absolute atomic E-state index is 14.2. The molecule has 1 amide bonds. The topological polar surface area (TPSA) is 79.5 Å². The molecule has 2 atom stereocenters. The molecule has 2 rings (SSSR count). The van der Waals surface area contributed by atoms with E-state index in [1.165, 1.54) is 17.2 Å². The van der Waals surface area contributed by atoms with Crippen LogP contribution in [0.5, 0.6) is 5.75 Å². The van der Waals surface area contributed by atoms with E-state index in [9.17, 15) is 14.0 Å². The van der Waals surface area contributed by atoms with E-state index in [0.717, 1.165) is 37.8 Å². The summed E-state index contributed by atoms with van der Waals surface area (Å²) < 4.78 is 20.0. The molecule has 2 aromatic carbocycles. The first kappa shape index (κ1) is 30.5. The Morgan fingerprint density at radius 1 is 1.08 bits per heavy atom. The number of aryl methyl sites for hydroxylation is 1. The molecule has 0 aliphatic carbocycles. The Kier molecular flexibility index (Phi) is 13.9. The van der Waals surface area contributed by atoms with E-state index in [4.69, 9.17) is 4.74 Å². The summed E-state index contributed by atoms with van der Waals surface area (Å²) in [7, 11) is 1.93. The van der Waals surface area contributed by atoms with Gasteiger partial charge in [-0.2, -0.15) is 0 Å². The lowest BCUT2D eigenvalue weighted by molar-refractivity contribution is -0.124. The third kappa shape index (κ3) is 11.9. The predicted octanol–water partition coefficient (Wildman–Crippen LogP) is 4.59. The van der Waals surface area contributed by atoms with Crippen LogP contribution in [0.25, 0.3) is 0 Å². The lowest BCUT2D eigenvalue weighted by atomic mass is 10.0. The zero-order valence-corrected chi connectivity index (χ0v) is 22.8. The van der Waals surface area contributed by atoms with Crippen molar-refractivity contribution < 1.29 is 18.7 Å². The summed E-state index contributed by atoms with van der Waals surface area (Å²) >= 11 is 0. The number of carbonyl (C=O) groups excluding carboxylic acids is 2. The monoisotopic (exact) mass is 513 g/mol. The van der Waals surface area contributed by atoms with Gasteiger partial charge in [0.1, 0.15) is 17.9 Å². The van der Waals surface area contributed by atoms with E-state index in [0.29, 0.717) is 38.0 Å². The number of amides is 1. The second-order valence-electron chi connectivity index (χ2n) is 9.90. The van der Waals surface area contributed by atoms with E-state index in [1.54, 1.807) is 6.07 Å². The van der Waals surface area contributed by atoms with Gasteiger partial charge in [0.25, 0.3) is 0 Å². The maximum Gasteiger partial charge on any atom is 0.220 e. The fourth-order valence-corrected chi connectivity index (χ4v) is 4.12. The molecule has 0 fully saturated rings. The number of hydrogen-bond acceptors (Lipinski definition) is 5. The molecule has 0 saturated carbocycles. The van der Waals surface area contributed by atoms with Crippen molar-refractivity contribution in [2.24, 2.45) is 5.92 Å². The highest BCUT2D eigenvalue weighted by atomic mass is 19.1. The summed E-state index contributed by atoms with van der Waals surface area (Å²) in [6, 6.07) is 13.2. The Labute approximate surface area is 221 Å². The fourth-order valence-electron chi connectivity index (χ4n) is 4.12. The Bertz CT molecular complexity index is 967. The van der Waals surface area contributed by atoms with Crippen molar-refractivity contribution in [3.8, 4) is 5.75 Å². The molecule has 0 aliphatic rings. The van der Waals surface area contributed by atoms with Crippen LogP contribution in [0.1, 0.15) is 63.1 Å². The van der Waals surface area contributed by atoms with Crippen LogP contribution < -0.4 is 20.7 Å². The van der Waals surface area contributed by atoms with E-state index in [2.05, 4.69) is 47.1 Å². The third-order valence-corrected chi connectivity index (χ3v) is 6.48. The Balaban J connectivity index is 1.73. The van der Waals surface area contributed by atoms with Crippen LogP contribution >= 0.6 is 0 Å². The number of likely N-dealkylation sites (N-methyl/N-ethyl adjacent to an activating group) is 1. The zero-order valence-electron chi connectivity index (χ0n) is 22.8. The van der Waals surface area contributed by atoms with Gasteiger partial charge in [0.2, 0.25) is 5.91 Å². The molecule has 0 spiro atoms. The number of unbranched alkanes of at least 4 members (excludes halogenated alkanes) is 1. The molecule has 0 heterocycles. The zero-order chi connectivity index (χ0) is 27.0. The molecule has 0 aliphatic heterocycles. The van der Waals surface area contributed by atoms with Crippen molar-refractivity contribution >= 4 is 12.2 Å². The number of benzene rings is 2. The quantitative estimate of drug-likeness (QED) is 0.201. The van der Waals surface area contributed by atoms with Crippen LogP contribution in [0.4, 0.5) is 4.39 Å². The molecule has 0 bridgehead atoms. The molecule has 3 N–H and O–H groups in total. The lowest BCUT2D eigenvalue weighted by Gasteiger charge is -2.18. The SMILES string of the molecule is CCc1cccc(CNCC[C@H](Cc2cc(F)cc(OCCCCC(=O)NC(C=O)C(C)C)c2)NC)c1. The smallest absolute Gasteiger partial charge is 0.220 e. The molecule has 0 radical (unpaired) electrons. The lowest BCUT2D eigenvalue weighted by Crippen LogP contribution is -2.39. The van der Waals surface area contributed by atoms with Crippen molar-refractivity contribution in [2.75, 3.05) is 20.2 Å². The number of hydrogen-bond donors (Lipinski definition) is 3. The van der Waals surface area contributed by atoms with Gasteiger partial charge >= 0.3 is 0 Å². The number of rotatable bonds is 18. The van der Waals surface area contributed by atoms with Gasteiger partial charge in [0, 0.05) is 25.1 Å². The van der Waals surface area contributed by atoms with E-state index in [-0.39, 0.29) is 23.7 Å². The molecule has 0 aromatic heterocycles. The van der Waals surface area contributed by atoms with Crippen LogP contribution in [0.15, 0.2) is 42.5 Å². The van der Waals surface area contributed by atoms with Gasteiger partial charge in [-0.05, 0) is 80.4 Å². The first-order chi connectivity index (χ1) is 17.8. The number of halogens is 1. The van der Waals surface area contributed by atoms with E-state index in [1.807, 2.05) is 27.0 Å². The average molecular weight is 514 g/mol. The summed E-state index contributed by atoms with van der Waals surface area (Å²) in [4.78, 5) is 23.0. The highest BCUT2D eigenvalue weighted by Crippen LogP contribution is 2.19. The Morgan fingerprint density at radius 2 is 1.86 bits per heavy atom. The summed E-state index contributed by atoms with van der Waals surface area (Å²) in [5, 5.41) is 9.58. The van der Waals surface area contributed by atoms with Crippen LogP contribution in [-0.2, 0) is 29.0 Å². The molecule has 7 heteroatoms. The minimum Gasteiger partial charge on any atom is -0.493 e.